The van der Waals surface area contributed by atoms with Gasteiger partial charge in [0.15, 0.2) is 0 Å². The highest BCUT2D eigenvalue weighted by molar-refractivity contribution is 6.30. The molecule has 21 heavy (non-hydrogen) atoms. The second-order valence-electron chi connectivity index (χ2n) is 4.32. The van der Waals surface area contributed by atoms with Crippen molar-refractivity contribution in [3.8, 4) is 17.0 Å². The van der Waals surface area contributed by atoms with Crippen LogP contribution in [0.25, 0.3) is 11.3 Å². The van der Waals surface area contributed by atoms with Crippen LogP contribution in [0.4, 0.5) is 11.5 Å². The lowest BCUT2D eigenvalue weighted by atomic mass is 10.2. The second-order valence-corrected chi connectivity index (χ2v) is 4.75. The van der Waals surface area contributed by atoms with Crippen LogP contribution in [-0.2, 0) is 0 Å². The van der Waals surface area contributed by atoms with Crippen LogP contribution >= 0.6 is 11.6 Å². The molecule has 0 amide bonds. The number of rotatable bonds is 3. The molecule has 2 heterocycles. The molecule has 3 aromatic rings. The molecule has 2 N–H and O–H groups in total. The number of aromatic hydroxyl groups is 1. The van der Waals surface area contributed by atoms with E-state index in [2.05, 4.69) is 20.3 Å². The molecule has 0 fully saturated rings. The summed E-state index contributed by atoms with van der Waals surface area (Å²) >= 11 is 5.94. The van der Waals surface area contributed by atoms with Crippen LogP contribution in [0.15, 0.2) is 55.1 Å². The number of nitrogens with zero attached hydrogens (tertiary/aromatic N) is 3. The van der Waals surface area contributed by atoms with E-state index in [1.807, 2.05) is 12.1 Å². The monoisotopic (exact) mass is 298 g/mol. The van der Waals surface area contributed by atoms with E-state index in [-0.39, 0.29) is 5.75 Å². The predicted molar refractivity (Wildman–Crippen MR) is 81.7 cm³/mol. The van der Waals surface area contributed by atoms with E-state index < -0.39 is 0 Å². The molecule has 3 rings (SSSR count). The largest absolute Gasteiger partial charge is 0.506 e. The molecule has 104 valence electrons. The zero-order valence-corrected chi connectivity index (χ0v) is 11.6. The van der Waals surface area contributed by atoms with Gasteiger partial charge in [-0.05, 0) is 24.3 Å². The Morgan fingerprint density at radius 1 is 1.05 bits per heavy atom. The van der Waals surface area contributed by atoms with Gasteiger partial charge in [-0.3, -0.25) is 9.97 Å². The normalized spacial score (nSPS) is 10.3. The van der Waals surface area contributed by atoms with E-state index >= 15 is 0 Å². The fourth-order valence-corrected chi connectivity index (χ4v) is 2.06. The fourth-order valence-electron chi connectivity index (χ4n) is 1.87. The Labute approximate surface area is 126 Å². The molecule has 0 bridgehead atoms. The van der Waals surface area contributed by atoms with Gasteiger partial charge in [-0.25, -0.2) is 4.98 Å². The van der Waals surface area contributed by atoms with E-state index in [4.69, 9.17) is 11.6 Å². The molecule has 5 nitrogen and oxygen atoms in total. The summed E-state index contributed by atoms with van der Waals surface area (Å²) in [5, 5.41) is 13.6. The number of anilines is 2. The number of hydrogen-bond donors (Lipinski definition) is 2. The molecule has 0 aliphatic heterocycles. The van der Waals surface area contributed by atoms with Crippen molar-refractivity contribution in [1.82, 2.24) is 15.0 Å². The van der Waals surface area contributed by atoms with Crippen molar-refractivity contribution in [3.05, 3.63) is 60.1 Å². The molecule has 6 heteroatoms. The molecule has 0 unspecified atom stereocenters. The molecule has 2 aromatic heterocycles. The van der Waals surface area contributed by atoms with Gasteiger partial charge in [0.1, 0.15) is 11.6 Å². The summed E-state index contributed by atoms with van der Waals surface area (Å²) in [6, 6.07) is 8.99. The maximum Gasteiger partial charge on any atom is 0.149 e. The lowest BCUT2D eigenvalue weighted by Gasteiger charge is -2.08. The first-order chi connectivity index (χ1) is 10.2. The summed E-state index contributed by atoms with van der Waals surface area (Å²) in [5.74, 6) is 0.623. The molecule has 0 atom stereocenters. The number of benzene rings is 1. The highest BCUT2D eigenvalue weighted by Crippen LogP contribution is 2.27. The van der Waals surface area contributed by atoms with Crippen LogP contribution in [0, 0.1) is 0 Å². The first kappa shape index (κ1) is 13.3. The predicted octanol–water partition coefficient (Wildman–Crippen LogP) is 3.64. The minimum absolute atomic E-state index is 0.0618. The smallest absolute Gasteiger partial charge is 0.149 e. The van der Waals surface area contributed by atoms with Crippen LogP contribution < -0.4 is 5.32 Å². The molecule has 0 saturated heterocycles. The van der Waals surface area contributed by atoms with Gasteiger partial charge >= 0.3 is 0 Å². The Hall–Kier alpha value is -2.66. The number of halogens is 1. The van der Waals surface area contributed by atoms with Crippen molar-refractivity contribution in [2.45, 2.75) is 0 Å². The average molecular weight is 299 g/mol. The number of pyridine rings is 1. The zero-order valence-electron chi connectivity index (χ0n) is 10.9. The van der Waals surface area contributed by atoms with Crippen LogP contribution in [0.1, 0.15) is 0 Å². The van der Waals surface area contributed by atoms with E-state index in [0.717, 1.165) is 5.69 Å². The first-order valence-electron chi connectivity index (χ1n) is 6.20. The lowest BCUT2D eigenvalue weighted by Crippen LogP contribution is -1.96. The first-order valence-corrected chi connectivity index (χ1v) is 6.58. The molecular formula is C15H11ClN4O. The van der Waals surface area contributed by atoms with E-state index in [9.17, 15) is 5.11 Å². The summed E-state index contributed by atoms with van der Waals surface area (Å²) < 4.78 is 0. The minimum atomic E-state index is 0.0618. The molecule has 0 spiro atoms. The summed E-state index contributed by atoms with van der Waals surface area (Å²) in [4.78, 5) is 12.4. The number of hydrogen-bond acceptors (Lipinski definition) is 5. The van der Waals surface area contributed by atoms with Gasteiger partial charge in [0.25, 0.3) is 0 Å². The Morgan fingerprint density at radius 2 is 1.95 bits per heavy atom. The van der Waals surface area contributed by atoms with Crippen LogP contribution in [0.2, 0.25) is 5.02 Å². The number of aromatic nitrogens is 3. The third kappa shape index (κ3) is 3.09. The van der Waals surface area contributed by atoms with Crippen LogP contribution in [0.5, 0.6) is 5.75 Å². The van der Waals surface area contributed by atoms with Gasteiger partial charge in [-0.15, -0.1) is 0 Å². The number of nitrogens with one attached hydrogen (secondary N) is 1. The molecule has 1 aromatic carbocycles. The maximum absolute atomic E-state index is 9.81. The summed E-state index contributed by atoms with van der Waals surface area (Å²) in [6.07, 6.45) is 6.14. The van der Waals surface area contributed by atoms with Gasteiger partial charge in [0.05, 0.1) is 24.3 Å². The average Bonchev–Trinajstić information content (AvgIpc) is 2.48. The third-order valence-electron chi connectivity index (χ3n) is 2.81. The highest BCUT2D eigenvalue weighted by Gasteiger charge is 2.07. The fraction of sp³-hybridized carbons (Fsp3) is 0. The summed E-state index contributed by atoms with van der Waals surface area (Å²) in [7, 11) is 0. The second kappa shape index (κ2) is 5.76. The maximum atomic E-state index is 9.81. The topological polar surface area (TPSA) is 70.9 Å². The quantitative estimate of drug-likeness (QED) is 0.772. The standard InChI is InChI=1S/C15H11ClN4O/c16-10-2-1-3-11(6-10)19-15-9-18-7-13(20-15)12-4-5-17-8-14(12)21/h1-9,21H,(H,19,20). The van der Waals surface area contributed by atoms with E-state index in [1.165, 1.54) is 6.20 Å². The van der Waals surface area contributed by atoms with Crippen molar-refractivity contribution < 1.29 is 5.11 Å². The van der Waals surface area contributed by atoms with Crippen LogP contribution in [0.3, 0.4) is 0 Å². The lowest BCUT2D eigenvalue weighted by molar-refractivity contribution is 0.474. The summed E-state index contributed by atoms with van der Waals surface area (Å²) in [5.41, 5.74) is 1.95. The Balaban J connectivity index is 1.92. The Kier molecular flexibility index (Phi) is 3.66. The van der Waals surface area contributed by atoms with Crippen molar-refractivity contribution in [2.75, 3.05) is 5.32 Å². The van der Waals surface area contributed by atoms with Crippen molar-refractivity contribution >= 4 is 23.1 Å². The molecule has 0 aliphatic carbocycles. The SMILES string of the molecule is Oc1cnccc1-c1cncc(Nc2cccc(Cl)c2)n1. The van der Waals surface area contributed by atoms with Crippen molar-refractivity contribution in [2.24, 2.45) is 0 Å². The zero-order chi connectivity index (χ0) is 14.7. The summed E-state index contributed by atoms with van der Waals surface area (Å²) in [6.45, 7) is 0. The van der Waals surface area contributed by atoms with Gasteiger partial charge in [-0.2, -0.15) is 0 Å². The Morgan fingerprint density at radius 3 is 2.76 bits per heavy atom. The minimum Gasteiger partial charge on any atom is -0.506 e. The van der Waals surface area contributed by atoms with E-state index in [0.29, 0.717) is 22.1 Å². The van der Waals surface area contributed by atoms with Crippen molar-refractivity contribution in [3.63, 3.8) is 0 Å². The van der Waals surface area contributed by atoms with Gasteiger partial charge in [0, 0.05) is 22.5 Å². The third-order valence-corrected chi connectivity index (χ3v) is 3.04. The molecular weight excluding hydrogens is 288 g/mol. The van der Waals surface area contributed by atoms with E-state index in [1.54, 1.807) is 36.8 Å². The van der Waals surface area contributed by atoms with Gasteiger partial charge in [-0.1, -0.05) is 17.7 Å². The van der Waals surface area contributed by atoms with Gasteiger partial charge in [0.2, 0.25) is 0 Å². The van der Waals surface area contributed by atoms with Crippen LogP contribution in [-0.4, -0.2) is 20.1 Å². The Bertz CT molecular complexity index is 779. The molecule has 0 aliphatic rings. The van der Waals surface area contributed by atoms with Crippen molar-refractivity contribution in [1.29, 1.82) is 0 Å². The van der Waals surface area contributed by atoms with Gasteiger partial charge < -0.3 is 10.4 Å². The molecule has 0 radical (unpaired) electrons. The molecule has 0 saturated carbocycles. The highest BCUT2D eigenvalue weighted by atomic mass is 35.5.